The number of aliphatic carboxylic acids is 1. The summed E-state index contributed by atoms with van der Waals surface area (Å²) in [5.74, 6) is 2.47. The fourth-order valence-electron chi connectivity index (χ4n) is 1.11. The van der Waals surface area contributed by atoms with E-state index < -0.39 is 5.97 Å². The summed E-state index contributed by atoms with van der Waals surface area (Å²) in [6.45, 7) is 6.39. The molecule has 1 N–H and O–H groups in total. The van der Waals surface area contributed by atoms with Gasteiger partial charge < -0.3 is 5.11 Å². The molecule has 0 aromatic heterocycles. The molecule has 0 spiro atoms. The average molecular weight is 274 g/mol. The average Bonchev–Trinajstić information content (AvgIpc) is 2.29. The van der Waals surface area contributed by atoms with E-state index in [1.807, 2.05) is 18.7 Å². The van der Waals surface area contributed by atoms with Crippen molar-refractivity contribution >= 4 is 29.5 Å². The van der Waals surface area contributed by atoms with Crippen LogP contribution in [0.5, 0.6) is 0 Å². The van der Waals surface area contributed by atoms with E-state index in [1.165, 1.54) is 22.9 Å². The van der Waals surface area contributed by atoms with Gasteiger partial charge in [-0.25, -0.2) is 0 Å². The topological polar surface area (TPSA) is 37.3 Å². The minimum atomic E-state index is -0.744. The fourth-order valence-corrected chi connectivity index (χ4v) is 2.57. The van der Waals surface area contributed by atoms with Crippen molar-refractivity contribution < 1.29 is 9.90 Å². The van der Waals surface area contributed by atoms with Crippen LogP contribution in [0.15, 0.2) is 23.3 Å². The van der Waals surface area contributed by atoms with Gasteiger partial charge in [0.05, 0.1) is 5.75 Å². The molecule has 0 saturated carbocycles. The monoisotopic (exact) mass is 274 g/mol. The predicted molar refractivity (Wildman–Crippen MR) is 80.1 cm³/mol. The predicted octanol–water partition coefficient (Wildman–Crippen LogP) is 3.84. The Morgan fingerprint density at radius 2 is 1.82 bits per heavy atom. The van der Waals surface area contributed by atoms with Gasteiger partial charge >= 0.3 is 5.97 Å². The molecule has 0 unspecified atom stereocenters. The second kappa shape index (κ2) is 10.8. The molecular weight excluding hydrogens is 252 g/mol. The number of allylic oxidation sites excluding steroid dienone is 2. The Morgan fingerprint density at radius 1 is 1.12 bits per heavy atom. The van der Waals surface area contributed by atoms with Gasteiger partial charge in [-0.1, -0.05) is 37.1 Å². The van der Waals surface area contributed by atoms with E-state index in [4.69, 9.17) is 5.11 Å². The summed E-state index contributed by atoms with van der Waals surface area (Å²) in [6.07, 6.45) is 5.38. The molecule has 98 valence electrons. The van der Waals surface area contributed by atoms with E-state index >= 15 is 0 Å². The van der Waals surface area contributed by atoms with Gasteiger partial charge in [0.1, 0.15) is 0 Å². The van der Waals surface area contributed by atoms with Crippen molar-refractivity contribution in [1.29, 1.82) is 0 Å². The molecule has 0 aliphatic heterocycles. The van der Waals surface area contributed by atoms with Gasteiger partial charge in [0.2, 0.25) is 0 Å². The summed E-state index contributed by atoms with van der Waals surface area (Å²) in [6, 6.07) is 0. The number of rotatable bonds is 9. The second-order valence-electron chi connectivity index (χ2n) is 3.72. The summed E-state index contributed by atoms with van der Waals surface area (Å²) in [5, 5.41) is 8.52. The Bertz CT molecular complexity index is 283. The molecule has 0 aliphatic carbocycles. The van der Waals surface area contributed by atoms with Crippen LogP contribution in [0.3, 0.4) is 0 Å². The molecule has 0 rings (SSSR count). The summed E-state index contributed by atoms with van der Waals surface area (Å²) in [5.41, 5.74) is 2.67. The zero-order valence-corrected chi connectivity index (χ0v) is 12.5. The second-order valence-corrected chi connectivity index (χ2v) is 5.98. The molecule has 0 aromatic rings. The molecule has 0 fully saturated rings. The Hall–Kier alpha value is -0.350. The lowest BCUT2D eigenvalue weighted by Gasteiger charge is -2.02. The standard InChI is InChI=1S/C13H22O2S2/c1-4-12(9-16-5-2)7-6-11(3)8-17-10-13(14)15/h6-7H,4-5,8-10H2,1-3H3,(H,14,15)/b11-6+,12-7+. The first kappa shape index (κ1) is 16.6. The van der Waals surface area contributed by atoms with Crippen molar-refractivity contribution in [1.82, 2.24) is 0 Å². The molecule has 0 aromatic carbocycles. The lowest BCUT2D eigenvalue weighted by Crippen LogP contribution is -1.99. The highest BCUT2D eigenvalue weighted by Crippen LogP contribution is 2.12. The van der Waals surface area contributed by atoms with Gasteiger partial charge in [-0.3, -0.25) is 4.79 Å². The third-order valence-corrected chi connectivity index (χ3v) is 4.20. The summed E-state index contributed by atoms with van der Waals surface area (Å²) >= 11 is 3.38. The lowest BCUT2D eigenvalue weighted by atomic mass is 10.2. The maximum atomic E-state index is 10.4. The van der Waals surface area contributed by atoms with Crippen molar-refractivity contribution in [2.24, 2.45) is 0 Å². The molecular formula is C13H22O2S2. The molecule has 2 nitrogen and oxygen atoms in total. The first-order valence-corrected chi connectivity index (χ1v) is 8.13. The highest BCUT2D eigenvalue weighted by Gasteiger charge is 1.97. The van der Waals surface area contributed by atoms with Crippen LogP contribution < -0.4 is 0 Å². The number of carboxylic acids is 1. The van der Waals surface area contributed by atoms with Crippen LogP contribution in [0.4, 0.5) is 0 Å². The van der Waals surface area contributed by atoms with Crippen LogP contribution >= 0.6 is 23.5 Å². The Labute approximate surface area is 113 Å². The highest BCUT2D eigenvalue weighted by molar-refractivity contribution is 8.00. The number of carbonyl (C=O) groups is 1. The van der Waals surface area contributed by atoms with E-state index in [1.54, 1.807) is 0 Å². The van der Waals surface area contributed by atoms with Gasteiger partial charge in [-0.2, -0.15) is 11.8 Å². The first-order valence-electron chi connectivity index (χ1n) is 5.82. The van der Waals surface area contributed by atoms with Crippen LogP contribution in [0.25, 0.3) is 0 Å². The van der Waals surface area contributed by atoms with E-state index in [0.717, 1.165) is 23.7 Å². The highest BCUT2D eigenvalue weighted by atomic mass is 32.2. The third-order valence-electron chi connectivity index (χ3n) is 2.10. The van der Waals surface area contributed by atoms with Crippen LogP contribution in [-0.2, 0) is 4.79 Å². The molecule has 0 aliphatic rings. The van der Waals surface area contributed by atoms with E-state index in [0.29, 0.717) is 0 Å². The van der Waals surface area contributed by atoms with Crippen molar-refractivity contribution in [2.45, 2.75) is 27.2 Å². The molecule has 0 radical (unpaired) electrons. The summed E-state index contributed by atoms with van der Waals surface area (Å²) in [4.78, 5) is 10.4. The van der Waals surface area contributed by atoms with Crippen LogP contribution in [0, 0.1) is 0 Å². The maximum absolute atomic E-state index is 10.4. The van der Waals surface area contributed by atoms with Gasteiger partial charge in [-0.15, -0.1) is 11.8 Å². The lowest BCUT2D eigenvalue weighted by molar-refractivity contribution is -0.133. The molecule has 0 atom stereocenters. The maximum Gasteiger partial charge on any atom is 0.313 e. The molecule has 0 heterocycles. The zero-order chi connectivity index (χ0) is 13.1. The smallest absolute Gasteiger partial charge is 0.313 e. The molecule has 0 saturated heterocycles. The minimum absolute atomic E-state index is 0.182. The minimum Gasteiger partial charge on any atom is -0.481 e. The number of thioether (sulfide) groups is 2. The normalized spacial score (nSPS) is 12.9. The summed E-state index contributed by atoms with van der Waals surface area (Å²) < 4.78 is 0. The fraction of sp³-hybridized carbons (Fsp3) is 0.615. The van der Waals surface area contributed by atoms with Crippen molar-refractivity contribution in [3.63, 3.8) is 0 Å². The van der Waals surface area contributed by atoms with Crippen molar-refractivity contribution in [3.8, 4) is 0 Å². The SMILES string of the molecule is CCSC/C(=C/C=C(\C)CSCC(=O)O)CC. The largest absolute Gasteiger partial charge is 0.481 e. The van der Waals surface area contributed by atoms with E-state index in [2.05, 4.69) is 26.0 Å². The zero-order valence-electron chi connectivity index (χ0n) is 10.9. The van der Waals surface area contributed by atoms with Crippen LogP contribution in [0.1, 0.15) is 27.2 Å². The number of carboxylic acid groups (broad SMARTS) is 1. The van der Waals surface area contributed by atoms with Gasteiger partial charge in [0.15, 0.2) is 0 Å². The first-order chi connectivity index (χ1) is 8.10. The Balaban J connectivity index is 4.06. The Morgan fingerprint density at radius 3 is 2.35 bits per heavy atom. The third kappa shape index (κ3) is 10.5. The van der Waals surface area contributed by atoms with Gasteiger partial charge in [-0.05, 0) is 19.1 Å². The van der Waals surface area contributed by atoms with E-state index in [-0.39, 0.29) is 5.75 Å². The molecule has 17 heavy (non-hydrogen) atoms. The quantitative estimate of drug-likeness (QED) is 0.648. The van der Waals surface area contributed by atoms with E-state index in [9.17, 15) is 4.79 Å². The number of hydrogen-bond donors (Lipinski definition) is 1. The van der Waals surface area contributed by atoms with Crippen LogP contribution in [0.2, 0.25) is 0 Å². The van der Waals surface area contributed by atoms with Gasteiger partial charge in [0.25, 0.3) is 0 Å². The Kier molecular flexibility index (Phi) is 10.6. The van der Waals surface area contributed by atoms with Crippen LogP contribution in [-0.4, -0.2) is 34.1 Å². The summed E-state index contributed by atoms with van der Waals surface area (Å²) in [7, 11) is 0. The van der Waals surface area contributed by atoms with Crippen molar-refractivity contribution in [3.05, 3.63) is 23.3 Å². The molecule has 0 bridgehead atoms. The molecule has 4 heteroatoms. The van der Waals surface area contributed by atoms with Gasteiger partial charge in [0, 0.05) is 11.5 Å². The number of hydrogen-bond acceptors (Lipinski definition) is 3. The van der Waals surface area contributed by atoms with Crippen molar-refractivity contribution in [2.75, 3.05) is 23.0 Å². The molecule has 0 amide bonds.